The zero-order chi connectivity index (χ0) is 16.1. The van der Waals surface area contributed by atoms with Gasteiger partial charge in [0.1, 0.15) is 5.75 Å². The Kier molecular flexibility index (Phi) is 4.96. The molecule has 2 aromatic rings. The summed E-state index contributed by atoms with van der Waals surface area (Å²) in [5.41, 5.74) is 3.83. The molecule has 1 amide bonds. The molecule has 0 heterocycles. The van der Waals surface area contributed by atoms with Gasteiger partial charge in [0.15, 0.2) is 0 Å². The molecular formula is C20H23NO2. The third-order valence-corrected chi connectivity index (χ3v) is 4.32. The van der Waals surface area contributed by atoms with Gasteiger partial charge in [-0.3, -0.25) is 4.79 Å². The van der Waals surface area contributed by atoms with Crippen molar-refractivity contribution in [2.24, 2.45) is 0 Å². The Balaban J connectivity index is 1.49. The van der Waals surface area contributed by atoms with Crippen molar-refractivity contribution >= 4 is 5.91 Å². The lowest BCUT2D eigenvalue weighted by atomic mass is 9.88. The average Bonchev–Trinajstić information content (AvgIpc) is 2.57. The number of hydrogen-bond acceptors (Lipinski definition) is 2. The maximum atomic E-state index is 12.2. The maximum absolute atomic E-state index is 12.2. The molecule has 0 unspecified atom stereocenters. The van der Waals surface area contributed by atoms with Gasteiger partial charge < -0.3 is 10.1 Å². The number of fused-ring (bicyclic) bond motifs is 1. The summed E-state index contributed by atoms with van der Waals surface area (Å²) in [7, 11) is 0. The first kappa shape index (κ1) is 15.6. The molecular weight excluding hydrogens is 286 g/mol. The third-order valence-electron chi connectivity index (χ3n) is 4.32. The van der Waals surface area contributed by atoms with Gasteiger partial charge in [-0.25, -0.2) is 0 Å². The van der Waals surface area contributed by atoms with Crippen LogP contribution in [0.3, 0.4) is 0 Å². The van der Waals surface area contributed by atoms with Crippen LogP contribution in [0.25, 0.3) is 0 Å². The summed E-state index contributed by atoms with van der Waals surface area (Å²) in [5.74, 6) is 0.866. The number of benzene rings is 2. The summed E-state index contributed by atoms with van der Waals surface area (Å²) in [6.07, 6.45) is 3.63. The van der Waals surface area contributed by atoms with Crippen LogP contribution in [-0.2, 0) is 11.2 Å². The number of hydrogen-bond donors (Lipinski definition) is 1. The van der Waals surface area contributed by atoms with Gasteiger partial charge in [-0.15, -0.1) is 0 Å². The lowest BCUT2D eigenvalue weighted by Crippen LogP contribution is -2.31. The van der Waals surface area contributed by atoms with Gasteiger partial charge in [0.05, 0.1) is 19.1 Å². The van der Waals surface area contributed by atoms with Gasteiger partial charge in [0.2, 0.25) is 5.91 Å². The van der Waals surface area contributed by atoms with Gasteiger partial charge in [0.25, 0.3) is 0 Å². The summed E-state index contributed by atoms with van der Waals surface area (Å²) in [6, 6.07) is 16.4. The Bertz CT molecular complexity index is 664. The molecule has 0 aliphatic heterocycles. The van der Waals surface area contributed by atoms with E-state index in [-0.39, 0.29) is 11.9 Å². The van der Waals surface area contributed by atoms with E-state index in [1.54, 1.807) is 0 Å². The molecule has 120 valence electrons. The summed E-state index contributed by atoms with van der Waals surface area (Å²) in [5, 5.41) is 3.15. The molecule has 0 spiro atoms. The molecule has 3 rings (SSSR count). The van der Waals surface area contributed by atoms with Crippen molar-refractivity contribution in [1.82, 2.24) is 5.32 Å². The van der Waals surface area contributed by atoms with Crippen LogP contribution in [0, 0.1) is 6.92 Å². The number of amides is 1. The van der Waals surface area contributed by atoms with Crippen LogP contribution in [-0.4, -0.2) is 12.5 Å². The lowest BCUT2D eigenvalue weighted by molar-refractivity contribution is -0.122. The van der Waals surface area contributed by atoms with Crippen molar-refractivity contribution in [1.29, 1.82) is 0 Å². The number of rotatable bonds is 5. The molecule has 1 N–H and O–H groups in total. The zero-order valence-corrected chi connectivity index (χ0v) is 13.5. The van der Waals surface area contributed by atoms with Crippen molar-refractivity contribution in [3.05, 3.63) is 65.2 Å². The van der Waals surface area contributed by atoms with Crippen molar-refractivity contribution in [2.45, 2.75) is 38.6 Å². The summed E-state index contributed by atoms with van der Waals surface area (Å²) >= 11 is 0. The number of carbonyl (C=O) groups excluding carboxylic acids is 1. The highest BCUT2D eigenvalue weighted by atomic mass is 16.5. The SMILES string of the molecule is Cc1ccc(OCCC(=O)N[C@@H]2CCCc3ccccc32)cc1. The Labute approximate surface area is 137 Å². The van der Waals surface area contributed by atoms with Crippen molar-refractivity contribution in [3.8, 4) is 5.75 Å². The first-order valence-corrected chi connectivity index (χ1v) is 8.29. The van der Waals surface area contributed by atoms with E-state index in [1.807, 2.05) is 37.3 Å². The summed E-state index contributed by atoms with van der Waals surface area (Å²) in [6.45, 7) is 2.45. The van der Waals surface area contributed by atoms with E-state index >= 15 is 0 Å². The van der Waals surface area contributed by atoms with Gasteiger partial charge in [-0.1, -0.05) is 42.0 Å². The number of nitrogens with one attached hydrogen (secondary N) is 1. The van der Waals surface area contributed by atoms with Crippen molar-refractivity contribution < 1.29 is 9.53 Å². The molecule has 0 fully saturated rings. The highest BCUT2D eigenvalue weighted by molar-refractivity contribution is 5.76. The fourth-order valence-electron chi connectivity index (χ4n) is 3.07. The molecule has 0 bridgehead atoms. The first-order valence-electron chi connectivity index (χ1n) is 8.29. The van der Waals surface area contributed by atoms with E-state index < -0.39 is 0 Å². The standard InChI is InChI=1S/C20H23NO2/c1-15-9-11-17(12-10-15)23-14-13-20(22)21-19-8-4-6-16-5-2-3-7-18(16)19/h2-3,5,7,9-12,19H,4,6,8,13-14H2,1H3,(H,21,22)/t19-/m1/s1. The molecule has 1 atom stereocenters. The molecule has 3 nitrogen and oxygen atoms in total. The minimum atomic E-state index is 0.0545. The largest absolute Gasteiger partial charge is 0.493 e. The van der Waals surface area contributed by atoms with E-state index in [1.165, 1.54) is 16.7 Å². The van der Waals surface area contributed by atoms with Crippen LogP contribution in [0.15, 0.2) is 48.5 Å². The lowest BCUT2D eigenvalue weighted by Gasteiger charge is -2.26. The Morgan fingerprint density at radius 2 is 1.96 bits per heavy atom. The molecule has 0 aromatic heterocycles. The first-order chi connectivity index (χ1) is 11.2. The second-order valence-corrected chi connectivity index (χ2v) is 6.12. The van der Waals surface area contributed by atoms with Crippen molar-refractivity contribution in [3.63, 3.8) is 0 Å². The Morgan fingerprint density at radius 3 is 2.78 bits per heavy atom. The van der Waals surface area contributed by atoms with Crippen LogP contribution in [0.5, 0.6) is 5.75 Å². The highest BCUT2D eigenvalue weighted by Crippen LogP contribution is 2.29. The number of aryl methyl sites for hydroxylation is 2. The molecule has 1 aliphatic rings. The van der Waals surface area contributed by atoms with Crippen molar-refractivity contribution in [2.75, 3.05) is 6.61 Å². The van der Waals surface area contributed by atoms with E-state index in [4.69, 9.17) is 4.74 Å². The topological polar surface area (TPSA) is 38.3 Å². The van der Waals surface area contributed by atoms with Gasteiger partial charge in [0, 0.05) is 0 Å². The quantitative estimate of drug-likeness (QED) is 0.908. The third kappa shape index (κ3) is 4.13. The zero-order valence-electron chi connectivity index (χ0n) is 13.5. The Morgan fingerprint density at radius 1 is 1.17 bits per heavy atom. The van der Waals surface area contributed by atoms with Crippen LogP contribution in [0.4, 0.5) is 0 Å². The number of ether oxygens (including phenoxy) is 1. The second-order valence-electron chi connectivity index (χ2n) is 6.12. The minimum Gasteiger partial charge on any atom is -0.493 e. The molecule has 0 saturated heterocycles. The van der Waals surface area contributed by atoms with Crippen LogP contribution >= 0.6 is 0 Å². The minimum absolute atomic E-state index is 0.0545. The summed E-state index contributed by atoms with van der Waals surface area (Å²) < 4.78 is 5.63. The van der Waals surface area contributed by atoms with E-state index in [2.05, 4.69) is 23.5 Å². The molecule has 0 radical (unpaired) electrons. The number of carbonyl (C=O) groups is 1. The average molecular weight is 309 g/mol. The Hall–Kier alpha value is -2.29. The second kappa shape index (κ2) is 7.32. The molecule has 3 heteroatoms. The highest BCUT2D eigenvalue weighted by Gasteiger charge is 2.21. The van der Waals surface area contributed by atoms with Crippen LogP contribution in [0.1, 0.15) is 42.0 Å². The molecule has 23 heavy (non-hydrogen) atoms. The van der Waals surface area contributed by atoms with Gasteiger partial charge >= 0.3 is 0 Å². The van der Waals surface area contributed by atoms with Gasteiger partial charge in [-0.05, 0) is 49.4 Å². The fourth-order valence-corrected chi connectivity index (χ4v) is 3.07. The van der Waals surface area contributed by atoms with E-state index in [0.717, 1.165) is 25.0 Å². The monoisotopic (exact) mass is 309 g/mol. The van der Waals surface area contributed by atoms with E-state index in [0.29, 0.717) is 13.0 Å². The maximum Gasteiger partial charge on any atom is 0.223 e. The molecule has 2 aromatic carbocycles. The predicted octanol–water partition coefficient (Wildman–Crippen LogP) is 3.96. The smallest absolute Gasteiger partial charge is 0.223 e. The molecule has 1 aliphatic carbocycles. The van der Waals surface area contributed by atoms with Crippen LogP contribution < -0.4 is 10.1 Å². The van der Waals surface area contributed by atoms with Crippen LogP contribution in [0.2, 0.25) is 0 Å². The van der Waals surface area contributed by atoms with E-state index in [9.17, 15) is 4.79 Å². The predicted molar refractivity (Wildman–Crippen MR) is 91.6 cm³/mol. The van der Waals surface area contributed by atoms with Gasteiger partial charge in [-0.2, -0.15) is 0 Å². The normalized spacial score (nSPS) is 16.5. The molecule has 0 saturated carbocycles. The summed E-state index contributed by atoms with van der Waals surface area (Å²) in [4.78, 5) is 12.2. The fraction of sp³-hybridized carbons (Fsp3) is 0.350.